The van der Waals surface area contributed by atoms with Crippen LogP contribution in [0.2, 0.25) is 0 Å². The minimum absolute atomic E-state index is 0.752. The fraction of sp³-hybridized carbons (Fsp3) is 0.846. The summed E-state index contributed by atoms with van der Waals surface area (Å²) in [5, 5.41) is 3.41. The van der Waals surface area contributed by atoms with Gasteiger partial charge in [-0.2, -0.15) is 0 Å². The molecule has 1 saturated heterocycles. The first-order chi connectivity index (χ1) is 7.24. The van der Waals surface area contributed by atoms with E-state index in [-0.39, 0.29) is 0 Å². The van der Waals surface area contributed by atoms with Crippen LogP contribution in [0.25, 0.3) is 0 Å². The van der Waals surface area contributed by atoms with Gasteiger partial charge in [0.1, 0.15) is 0 Å². The Balaban J connectivity index is 2.18. The topological polar surface area (TPSA) is 15.3 Å². The lowest BCUT2D eigenvalue weighted by molar-refractivity contribution is 0.174. The van der Waals surface area contributed by atoms with Crippen LogP contribution in [0.3, 0.4) is 0 Å². The van der Waals surface area contributed by atoms with Crippen LogP contribution in [-0.4, -0.2) is 37.1 Å². The van der Waals surface area contributed by atoms with E-state index in [9.17, 15) is 0 Å². The van der Waals surface area contributed by atoms with Crippen molar-refractivity contribution < 1.29 is 0 Å². The normalized spacial score (nSPS) is 22.9. The lowest BCUT2D eigenvalue weighted by Crippen LogP contribution is -2.39. The Labute approximate surface area is 94.7 Å². The lowest BCUT2D eigenvalue weighted by atomic mass is 10.0. The van der Waals surface area contributed by atoms with Gasteiger partial charge in [-0.3, -0.25) is 4.90 Å². The molecule has 1 unspecified atom stereocenters. The van der Waals surface area contributed by atoms with E-state index in [0.717, 1.165) is 25.7 Å². The molecule has 1 aliphatic heterocycles. The highest BCUT2D eigenvalue weighted by Gasteiger charge is 2.17. The van der Waals surface area contributed by atoms with Crippen molar-refractivity contribution in [2.75, 3.05) is 26.2 Å². The van der Waals surface area contributed by atoms with Crippen LogP contribution < -0.4 is 5.32 Å². The van der Waals surface area contributed by atoms with Gasteiger partial charge in [-0.05, 0) is 44.8 Å². The fourth-order valence-corrected chi connectivity index (χ4v) is 2.18. The molecule has 1 atom stereocenters. The van der Waals surface area contributed by atoms with Gasteiger partial charge < -0.3 is 5.32 Å². The summed E-state index contributed by atoms with van der Waals surface area (Å²) in [5.41, 5.74) is 1.33. The van der Waals surface area contributed by atoms with E-state index in [1.54, 1.807) is 0 Å². The predicted octanol–water partition coefficient (Wildman–Crippen LogP) is 2.42. The fourth-order valence-electron chi connectivity index (χ4n) is 2.18. The number of rotatable bonds is 6. The SMILES string of the molecule is C=C(CNCCC)CN1CCCCC1C. The van der Waals surface area contributed by atoms with Gasteiger partial charge in [-0.15, -0.1) is 0 Å². The van der Waals surface area contributed by atoms with Crippen molar-refractivity contribution in [3.8, 4) is 0 Å². The molecule has 15 heavy (non-hydrogen) atoms. The van der Waals surface area contributed by atoms with Gasteiger partial charge in [-0.1, -0.05) is 19.9 Å². The summed E-state index contributed by atoms with van der Waals surface area (Å²) in [6.07, 6.45) is 5.32. The molecule has 2 nitrogen and oxygen atoms in total. The van der Waals surface area contributed by atoms with Crippen LogP contribution >= 0.6 is 0 Å². The first kappa shape index (κ1) is 12.7. The molecule has 1 fully saturated rings. The van der Waals surface area contributed by atoms with E-state index < -0.39 is 0 Å². The maximum atomic E-state index is 4.15. The Morgan fingerprint density at radius 2 is 2.27 bits per heavy atom. The Kier molecular flexibility index (Phi) is 5.96. The minimum atomic E-state index is 0.752. The maximum Gasteiger partial charge on any atom is 0.0205 e. The van der Waals surface area contributed by atoms with Crippen molar-refractivity contribution in [1.29, 1.82) is 0 Å². The summed E-state index contributed by atoms with van der Waals surface area (Å²) in [6, 6.07) is 0.752. The summed E-state index contributed by atoms with van der Waals surface area (Å²) in [5.74, 6) is 0. The molecular weight excluding hydrogens is 184 g/mol. The minimum Gasteiger partial charge on any atom is -0.313 e. The molecule has 0 spiro atoms. The molecule has 0 radical (unpaired) electrons. The summed E-state index contributed by atoms with van der Waals surface area (Å²) < 4.78 is 0. The van der Waals surface area contributed by atoms with Crippen LogP contribution in [0.1, 0.15) is 39.5 Å². The lowest BCUT2D eigenvalue weighted by Gasteiger charge is -2.33. The second kappa shape index (κ2) is 7.02. The molecule has 0 bridgehead atoms. The van der Waals surface area contributed by atoms with Crippen LogP contribution in [0.5, 0.6) is 0 Å². The van der Waals surface area contributed by atoms with Crippen molar-refractivity contribution >= 4 is 0 Å². The average Bonchev–Trinajstić information content (AvgIpc) is 2.22. The Morgan fingerprint density at radius 1 is 1.47 bits per heavy atom. The summed E-state index contributed by atoms with van der Waals surface area (Å²) in [7, 11) is 0. The van der Waals surface area contributed by atoms with E-state index in [1.807, 2.05) is 0 Å². The van der Waals surface area contributed by atoms with Crippen LogP contribution in [-0.2, 0) is 0 Å². The van der Waals surface area contributed by atoms with Crippen molar-refractivity contribution in [3.05, 3.63) is 12.2 Å². The van der Waals surface area contributed by atoms with E-state index in [4.69, 9.17) is 0 Å². The molecule has 88 valence electrons. The number of likely N-dealkylation sites (tertiary alicyclic amines) is 1. The van der Waals surface area contributed by atoms with Crippen molar-refractivity contribution in [2.24, 2.45) is 0 Å². The smallest absolute Gasteiger partial charge is 0.0205 e. The number of piperidine rings is 1. The van der Waals surface area contributed by atoms with Gasteiger partial charge in [0, 0.05) is 19.1 Å². The quantitative estimate of drug-likeness (QED) is 0.535. The third-order valence-corrected chi connectivity index (χ3v) is 3.17. The third kappa shape index (κ3) is 4.80. The van der Waals surface area contributed by atoms with Crippen LogP contribution in [0.15, 0.2) is 12.2 Å². The number of hydrogen-bond donors (Lipinski definition) is 1. The van der Waals surface area contributed by atoms with Crippen molar-refractivity contribution in [2.45, 2.75) is 45.6 Å². The van der Waals surface area contributed by atoms with Gasteiger partial charge in [0.05, 0.1) is 0 Å². The zero-order valence-electron chi connectivity index (χ0n) is 10.4. The van der Waals surface area contributed by atoms with Gasteiger partial charge in [0.25, 0.3) is 0 Å². The Hall–Kier alpha value is -0.340. The first-order valence-electron chi connectivity index (χ1n) is 6.35. The predicted molar refractivity (Wildman–Crippen MR) is 67.2 cm³/mol. The van der Waals surface area contributed by atoms with Crippen LogP contribution in [0.4, 0.5) is 0 Å². The molecule has 1 N–H and O–H groups in total. The molecule has 2 heteroatoms. The number of nitrogens with one attached hydrogen (secondary N) is 1. The molecule has 1 rings (SSSR count). The van der Waals surface area contributed by atoms with Gasteiger partial charge in [0.2, 0.25) is 0 Å². The zero-order chi connectivity index (χ0) is 11.1. The first-order valence-corrected chi connectivity index (χ1v) is 6.35. The highest BCUT2D eigenvalue weighted by Crippen LogP contribution is 2.16. The number of nitrogens with zero attached hydrogens (tertiary/aromatic N) is 1. The summed E-state index contributed by atoms with van der Waals surface area (Å²) in [4.78, 5) is 2.57. The standard InChI is InChI=1S/C13H26N2/c1-4-8-14-10-12(2)11-15-9-6-5-7-13(15)3/h13-14H,2,4-11H2,1,3H3. The largest absolute Gasteiger partial charge is 0.313 e. The molecule has 0 amide bonds. The molecule has 0 aromatic carbocycles. The second-order valence-corrected chi connectivity index (χ2v) is 4.74. The highest BCUT2D eigenvalue weighted by atomic mass is 15.2. The highest BCUT2D eigenvalue weighted by molar-refractivity contribution is 5.00. The van der Waals surface area contributed by atoms with E-state index in [0.29, 0.717) is 0 Å². The summed E-state index contributed by atoms with van der Waals surface area (Å²) in [6.45, 7) is 13.1. The molecule has 1 heterocycles. The monoisotopic (exact) mass is 210 g/mol. The molecule has 0 aromatic heterocycles. The molecule has 1 aliphatic rings. The second-order valence-electron chi connectivity index (χ2n) is 4.74. The van der Waals surface area contributed by atoms with E-state index in [1.165, 1.54) is 37.8 Å². The van der Waals surface area contributed by atoms with E-state index in [2.05, 4.69) is 30.6 Å². The maximum absolute atomic E-state index is 4.15. The third-order valence-electron chi connectivity index (χ3n) is 3.17. The molecular formula is C13H26N2. The Morgan fingerprint density at radius 3 is 2.93 bits per heavy atom. The molecule has 0 saturated carbocycles. The average molecular weight is 210 g/mol. The van der Waals surface area contributed by atoms with E-state index >= 15 is 0 Å². The van der Waals surface area contributed by atoms with Gasteiger partial charge in [-0.25, -0.2) is 0 Å². The van der Waals surface area contributed by atoms with Crippen LogP contribution in [0, 0.1) is 0 Å². The van der Waals surface area contributed by atoms with Gasteiger partial charge >= 0.3 is 0 Å². The zero-order valence-corrected chi connectivity index (χ0v) is 10.4. The van der Waals surface area contributed by atoms with Gasteiger partial charge in [0.15, 0.2) is 0 Å². The van der Waals surface area contributed by atoms with Crippen molar-refractivity contribution in [3.63, 3.8) is 0 Å². The summed E-state index contributed by atoms with van der Waals surface area (Å²) >= 11 is 0. The number of hydrogen-bond acceptors (Lipinski definition) is 2. The molecule has 0 aliphatic carbocycles. The Bertz CT molecular complexity index is 189. The molecule has 0 aromatic rings. The van der Waals surface area contributed by atoms with Crippen molar-refractivity contribution in [1.82, 2.24) is 10.2 Å².